The molecule has 3 rings (SSSR count). The lowest BCUT2D eigenvalue weighted by Crippen LogP contribution is -2.28. The average molecular weight is 419 g/mol. The van der Waals surface area contributed by atoms with Gasteiger partial charge in [-0.25, -0.2) is 4.39 Å². The van der Waals surface area contributed by atoms with Gasteiger partial charge >= 0.3 is 0 Å². The Hall–Kier alpha value is -2.71. The van der Waals surface area contributed by atoms with Gasteiger partial charge in [-0.1, -0.05) is 19.9 Å². The van der Waals surface area contributed by atoms with Crippen molar-refractivity contribution < 1.29 is 18.7 Å². The van der Waals surface area contributed by atoms with Crippen molar-refractivity contribution in [1.82, 2.24) is 4.57 Å². The number of benzene rings is 1. The summed E-state index contributed by atoms with van der Waals surface area (Å²) in [6, 6.07) is 5.86. The molecule has 164 valence electrons. The summed E-state index contributed by atoms with van der Waals surface area (Å²) in [7, 11) is 0. The molecule has 7 nitrogen and oxygen atoms in total. The van der Waals surface area contributed by atoms with Gasteiger partial charge in [0.15, 0.2) is 6.29 Å². The van der Waals surface area contributed by atoms with Crippen LogP contribution >= 0.6 is 0 Å². The molecule has 8 heteroatoms. The van der Waals surface area contributed by atoms with Gasteiger partial charge in [0, 0.05) is 25.4 Å². The van der Waals surface area contributed by atoms with Crippen LogP contribution in [0, 0.1) is 12.7 Å². The van der Waals surface area contributed by atoms with E-state index in [2.05, 4.69) is 5.32 Å². The Balaban J connectivity index is 0.00000155. The fourth-order valence-electron chi connectivity index (χ4n) is 3.04. The Kier molecular flexibility index (Phi) is 9.01. The minimum Gasteiger partial charge on any atom is -0.365 e. The van der Waals surface area contributed by atoms with Crippen LogP contribution in [0.4, 0.5) is 15.8 Å². The molecule has 1 aliphatic heterocycles. The molecule has 0 spiro atoms. The van der Waals surface area contributed by atoms with Crippen LogP contribution in [0.15, 0.2) is 35.3 Å². The van der Waals surface area contributed by atoms with Crippen LogP contribution in [-0.4, -0.2) is 30.0 Å². The Morgan fingerprint density at radius 3 is 2.70 bits per heavy atom. The van der Waals surface area contributed by atoms with E-state index in [4.69, 9.17) is 15.2 Å². The third kappa shape index (κ3) is 6.40. The Labute approximate surface area is 176 Å². The van der Waals surface area contributed by atoms with E-state index < -0.39 is 11.7 Å². The highest BCUT2D eigenvalue weighted by atomic mass is 19.1. The number of rotatable bonds is 7. The van der Waals surface area contributed by atoms with Gasteiger partial charge < -0.3 is 25.1 Å². The number of nitrogens with two attached hydrogens (primary N) is 1. The van der Waals surface area contributed by atoms with Gasteiger partial charge in [0.05, 0.1) is 23.5 Å². The first kappa shape index (κ1) is 23.6. The summed E-state index contributed by atoms with van der Waals surface area (Å²) in [4.78, 5) is 24.3. The van der Waals surface area contributed by atoms with Crippen molar-refractivity contribution in [2.45, 2.75) is 52.9 Å². The smallest absolute Gasteiger partial charge is 0.252 e. The predicted molar refractivity (Wildman–Crippen MR) is 115 cm³/mol. The minimum absolute atomic E-state index is 0.0912. The lowest BCUT2D eigenvalue weighted by molar-refractivity contribution is -0.163. The van der Waals surface area contributed by atoms with Crippen LogP contribution < -0.4 is 16.6 Å². The first-order chi connectivity index (χ1) is 14.4. The number of pyridine rings is 1. The van der Waals surface area contributed by atoms with Gasteiger partial charge in [-0.3, -0.25) is 9.59 Å². The summed E-state index contributed by atoms with van der Waals surface area (Å²) >= 11 is 0. The molecule has 0 radical (unpaired) electrons. The molecule has 1 fully saturated rings. The van der Waals surface area contributed by atoms with Crippen molar-refractivity contribution in [2.75, 3.05) is 18.5 Å². The number of carbonyl (C=O) groups excluding carboxylic acids is 1. The zero-order chi connectivity index (χ0) is 22.1. The van der Waals surface area contributed by atoms with Crippen molar-refractivity contribution in [2.24, 2.45) is 5.73 Å². The van der Waals surface area contributed by atoms with Gasteiger partial charge in [0.1, 0.15) is 5.82 Å². The molecular formula is C22H30FN3O4. The summed E-state index contributed by atoms with van der Waals surface area (Å²) < 4.78 is 26.6. The first-order valence-electron chi connectivity index (χ1n) is 10.2. The fourth-order valence-corrected chi connectivity index (χ4v) is 3.04. The van der Waals surface area contributed by atoms with Crippen molar-refractivity contribution in [3.05, 3.63) is 57.8 Å². The molecule has 1 aromatic heterocycles. The maximum absolute atomic E-state index is 14.1. The molecule has 1 aromatic carbocycles. The third-order valence-corrected chi connectivity index (χ3v) is 4.56. The fraction of sp³-hybridized carbons (Fsp3) is 0.455. The molecular weight excluding hydrogens is 389 g/mol. The molecule has 2 heterocycles. The van der Waals surface area contributed by atoms with Gasteiger partial charge in [-0.05, 0) is 43.9 Å². The molecule has 1 atom stereocenters. The Bertz CT molecular complexity index is 908. The second-order valence-electron chi connectivity index (χ2n) is 6.77. The number of primary amides is 1. The Morgan fingerprint density at radius 1 is 1.30 bits per heavy atom. The molecule has 0 saturated carbocycles. The summed E-state index contributed by atoms with van der Waals surface area (Å²) in [5.74, 6) is -1.21. The van der Waals surface area contributed by atoms with E-state index in [1.54, 1.807) is 19.1 Å². The van der Waals surface area contributed by atoms with Crippen LogP contribution in [0.1, 0.15) is 49.0 Å². The SMILES string of the molecule is CC.Cc1ccc(Nc2cc(=O)n(CCOC3CCCCO3)cc2C(N)=O)c(F)c1. The first-order valence-corrected chi connectivity index (χ1v) is 10.2. The van der Waals surface area contributed by atoms with Gasteiger partial charge in [-0.15, -0.1) is 0 Å². The molecule has 3 N–H and O–H groups in total. The maximum atomic E-state index is 14.1. The monoisotopic (exact) mass is 419 g/mol. The number of amides is 1. The van der Waals surface area contributed by atoms with E-state index in [0.29, 0.717) is 6.61 Å². The maximum Gasteiger partial charge on any atom is 0.252 e. The van der Waals surface area contributed by atoms with E-state index in [-0.39, 0.29) is 41.9 Å². The van der Waals surface area contributed by atoms with Crippen molar-refractivity contribution >= 4 is 17.3 Å². The number of nitrogens with one attached hydrogen (secondary N) is 1. The van der Waals surface area contributed by atoms with Crippen molar-refractivity contribution in [1.29, 1.82) is 0 Å². The summed E-state index contributed by atoms with van der Waals surface area (Å²) in [5.41, 5.74) is 6.27. The zero-order valence-corrected chi connectivity index (χ0v) is 17.7. The topological polar surface area (TPSA) is 95.6 Å². The van der Waals surface area contributed by atoms with Crippen LogP contribution in [0.3, 0.4) is 0 Å². The van der Waals surface area contributed by atoms with Crippen LogP contribution in [0.25, 0.3) is 0 Å². The minimum atomic E-state index is -0.722. The molecule has 0 aliphatic carbocycles. The number of halogens is 1. The normalized spacial score (nSPS) is 15.8. The van der Waals surface area contributed by atoms with Crippen LogP contribution in [0.2, 0.25) is 0 Å². The quantitative estimate of drug-likeness (QED) is 0.713. The number of carbonyl (C=O) groups is 1. The molecule has 2 aromatic rings. The zero-order valence-electron chi connectivity index (χ0n) is 17.7. The van der Waals surface area contributed by atoms with Crippen LogP contribution in [0.5, 0.6) is 0 Å². The summed E-state index contributed by atoms with van der Waals surface area (Å²) in [6.07, 6.45) is 4.01. The van der Waals surface area contributed by atoms with E-state index >= 15 is 0 Å². The predicted octanol–water partition coefficient (Wildman–Crippen LogP) is 3.71. The molecule has 1 aliphatic rings. The van der Waals surface area contributed by atoms with Gasteiger partial charge in [0.25, 0.3) is 11.5 Å². The van der Waals surface area contributed by atoms with E-state index in [1.807, 2.05) is 13.8 Å². The van der Waals surface area contributed by atoms with Crippen molar-refractivity contribution in [3.8, 4) is 0 Å². The molecule has 30 heavy (non-hydrogen) atoms. The lowest BCUT2D eigenvalue weighted by Gasteiger charge is -2.23. The van der Waals surface area contributed by atoms with Crippen molar-refractivity contribution in [3.63, 3.8) is 0 Å². The number of anilines is 2. The van der Waals surface area contributed by atoms with E-state index in [9.17, 15) is 14.0 Å². The lowest BCUT2D eigenvalue weighted by atomic mass is 10.1. The van der Waals surface area contributed by atoms with Crippen LogP contribution in [-0.2, 0) is 16.0 Å². The molecule has 1 amide bonds. The molecule has 0 bridgehead atoms. The number of aromatic nitrogens is 1. The standard InChI is InChI=1S/C20H24FN3O4.C2H6/c1-13-5-6-16(15(21)10-13)23-17-11-18(25)24(12-14(17)20(22)26)7-9-28-19-4-2-3-8-27-19;1-2/h5-6,10-12,19,23H,2-4,7-9H2,1H3,(H2,22,26);1-2H3. The van der Waals surface area contributed by atoms with Gasteiger partial charge in [0.2, 0.25) is 0 Å². The number of aryl methyl sites for hydroxylation is 1. The highest BCUT2D eigenvalue weighted by Gasteiger charge is 2.16. The third-order valence-electron chi connectivity index (χ3n) is 4.56. The Morgan fingerprint density at radius 2 is 2.07 bits per heavy atom. The molecule has 1 unspecified atom stereocenters. The highest BCUT2D eigenvalue weighted by Crippen LogP contribution is 2.23. The average Bonchev–Trinajstić information content (AvgIpc) is 2.73. The number of hydrogen-bond acceptors (Lipinski definition) is 5. The second-order valence-corrected chi connectivity index (χ2v) is 6.77. The number of hydrogen-bond donors (Lipinski definition) is 2. The number of ether oxygens (including phenoxy) is 2. The highest BCUT2D eigenvalue weighted by molar-refractivity contribution is 5.98. The van der Waals surface area contributed by atoms with E-state index in [1.165, 1.54) is 22.9 Å². The second kappa shape index (κ2) is 11.5. The largest absolute Gasteiger partial charge is 0.365 e. The van der Waals surface area contributed by atoms with Gasteiger partial charge in [-0.2, -0.15) is 0 Å². The molecule has 1 saturated heterocycles. The summed E-state index contributed by atoms with van der Waals surface area (Å²) in [5, 5.41) is 2.78. The summed E-state index contributed by atoms with van der Waals surface area (Å²) in [6.45, 7) is 6.95. The van der Waals surface area contributed by atoms with E-state index in [0.717, 1.165) is 24.8 Å². The number of nitrogens with zero attached hydrogens (tertiary/aromatic N) is 1.